The average molecular weight is 270 g/mol. The van der Waals surface area contributed by atoms with Crippen LogP contribution in [0.25, 0.3) is 11.8 Å². The van der Waals surface area contributed by atoms with Crippen LogP contribution in [0.15, 0.2) is 48.8 Å². The topological polar surface area (TPSA) is 48.1 Å². The zero-order valence-corrected chi connectivity index (χ0v) is 12.4. The zero-order valence-electron chi connectivity index (χ0n) is 11.2. The van der Waals surface area contributed by atoms with Gasteiger partial charge >= 0.3 is 0 Å². The van der Waals surface area contributed by atoms with Gasteiger partial charge in [-0.25, -0.2) is 0 Å². The molecular weight excluding hydrogens is 252 g/mol. The Morgan fingerprint density at radius 2 is 2.00 bits per heavy atom. The van der Waals surface area contributed by atoms with Crippen LogP contribution in [-0.2, 0) is 0 Å². The Balaban J connectivity index is 2.33. The molecule has 0 atom stereocenters. The number of hydrogen-bond donors (Lipinski definition) is 1. The summed E-state index contributed by atoms with van der Waals surface area (Å²) in [5, 5.41) is 0. The van der Waals surface area contributed by atoms with Crippen molar-refractivity contribution in [1.82, 2.24) is 4.98 Å². The van der Waals surface area contributed by atoms with Crippen molar-refractivity contribution in [2.75, 3.05) is 0 Å². The van der Waals surface area contributed by atoms with Gasteiger partial charge in [0, 0.05) is 23.7 Å². The number of para-hydroxylation sites is 1. The van der Waals surface area contributed by atoms with Crippen LogP contribution in [0.3, 0.4) is 0 Å². The number of benzene rings is 1. The van der Waals surface area contributed by atoms with E-state index >= 15 is 0 Å². The van der Waals surface area contributed by atoms with Gasteiger partial charge < -0.3 is 10.2 Å². The summed E-state index contributed by atoms with van der Waals surface area (Å²) in [5.41, 5.74) is 8.79. The molecule has 19 heavy (non-hydrogen) atoms. The monoisotopic (exact) mass is 270 g/mol. The van der Waals surface area contributed by atoms with Gasteiger partial charge in [-0.2, -0.15) is 0 Å². The van der Waals surface area contributed by atoms with Gasteiger partial charge in [0.2, 0.25) is 9.04 Å². The predicted octanol–water partition coefficient (Wildman–Crippen LogP) is 2.90. The van der Waals surface area contributed by atoms with Gasteiger partial charge in [0.1, 0.15) is 5.75 Å². The van der Waals surface area contributed by atoms with E-state index < -0.39 is 9.04 Å². The van der Waals surface area contributed by atoms with Gasteiger partial charge in [0.25, 0.3) is 0 Å². The molecule has 0 aliphatic rings. The molecule has 0 saturated carbocycles. The highest BCUT2D eigenvalue weighted by Gasteiger charge is 2.07. The highest BCUT2D eigenvalue weighted by molar-refractivity contribution is 6.49. The third-order valence-electron chi connectivity index (χ3n) is 2.57. The minimum atomic E-state index is -1.15. The summed E-state index contributed by atoms with van der Waals surface area (Å²) in [7, 11) is -1.15. The fraction of sp³-hybridized carbons (Fsp3) is 0.133. The molecule has 0 aliphatic heterocycles. The van der Waals surface area contributed by atoms with Crippen molar-refractivity contribution in [3.8, 4) is 5.75 Å². The van der Waals surface area contributed by atoms with Crippen molar-refractivity contribution in [2.24, 2.45) is 5.73 Å². The first-order chi connectivity index (χ1) is 9.16. The molecule has 0 spiro atoms. The third-order valence-corrected chi connectivity index (χ3v) is 3.29. The number of aromatic nitrogens is 1. The summed E-state index contributed by atoms with van der Waals surface area (Å²) in [6.45, 7) is 4.27. The number of pyridine rings is 1. The maximum atomic E-state index is 6.17. The standard InChI is InChI=1S/C15H18N2OSi/c1-19(2)18-15-8-4-3-7-13(15)14(16)10-12-6-5-9-17-11-12/h3-11,19H,16H2,1-2H3/b14-10-. The lowest BCUT2D eigenvalue weighted by Gasteiger charge is -2.14. The Kier molecular flexibility index (Phi) is 4.36. The van der Waals surface area contributed by atoms with Crippen molar-refractivity contribution in [2.45, 2.75) is 13.1 Å². The van der Waals surface area contributed by atoms with E-state index in [2.05, 4.69) is 18.1 Å². The molecule has 0 radical (unpaired) electrons. The Morgan fingerprint density at radius 1 is 1.21 bits per heavy atom. The van der Waals surface area contributed by atoms with E-state index in [9.17, 15) is 0 Å². The fourth-order valence-corrected chi connectivity index (χ4v) is 2.49. The average Bonchev–Trinajstić information content (AvgIpc) is 2.39. The van der Waals surface area contributed by atoms with Gasteiger partial charge in [-0.3, -0.25) is 4.98 Å². The van der Waals surface area contributed by atoms with Crippen molar-refractivity contribution in [3.05, 3.63) is 59.9 Å². The van der Waals surface area contributed by atoms with Gasteiger partial charge in [0.15, 0.2) is 0 Å². The highest BCUT2D eigenvalue weighted by atomic mass is 28.3. The lowest BCUT2D eigenvalue weighted by molar-refractivity contribution is 0.578. The first-order valence-corrected chi connectivity index (χ1v) is 9.08. The molecule has 0 fully saturated rings. The normalized spacial score (nSPS) is 11.6. The smallest absolute Gasteiger partial charge is 0.229 e. The van der Waals surface area contributed by atoms with Gasteiger partial charge in [-0.05, 0) is 42.9 Å². The minimum absolute atomic E-state index is 0.693. The zero-order chi connectivity index (χ0) is 13.7. The molecule has 1 heterocycles. The number of hydrogen-bond acceptors (Lipinski definition) is 3. The predicted molar refractivity (Wildman–Crippen MR) is 82.2 cm³/mol. The van der Waals surface area contributed by atoms with Crippen molar-refractivity contribution >= 4 is 20.8 Å². The lowest BCUT2D eigenvalue weighted by atomic mass is 10.1. The quantitative estimate of drug-likeness (QED) is 0.869. The van der Waals surface area contributed by atoms with Crippen molar-refractivity contribution in [1.29, 1.82) is 0 Å². The lowest BCUT2D eigenvalue weighted by Crippen LogP contribution is -2.13. The molecule has 0 aliphatic carbocycles. The van der Waals surface area contributed by atoms with E-state index in [1.165, 1.54) is 0 Å². The maximum absolute atomic E-state index is 6.17. The first-order valence-electron chi connectivity index (χ1n) is 6.30. The van der Waals surface area contributed by atoms with Crippen LogP contribution in [0, 0.1) is 0 Å². The van der Waals surface area contributed by atoms with Crippen LogP contribution in [0.2, 0.25) is 13.1 Å². The second kappa shape index (κ2) is 6.20. The van der Waals surface area contributed by atoms with Crippen LogP contribution in [-0.4, -0.2) is 14.0 Å². The molecular formula is C15H18N2OSi. The Morgan fingerprint density at radius 3 is 2.68 bits per heavy atom. The fourth-order valence-electron chi connectivity index (χ4n) is 1.78. The molecule has 2 rings (SSSR count). The van der Waals surface area contributed by atoms with E-state index in [1.54, 1.807) is 12.4 Å². The van der Waals surface area contributed by atoms with Gasteiger partial charge in [-0.1, -0.05) is 18.2 Å². The summed E-state index contributed by atoms with van der Waals surface area (Å²) in [6.07, 6.45) is 5.44. The molecule has 98 valence electrons. The third kappa shape index (κ3) is 3.69. The van der Waals surface area contributed by atoms with Crippen LogP contribution >= 0.6 is 0 Å². The van der Waals surface area contributed by atoms with Gasteiger partial charge in [0.05, 0.1) is 0 Å². The summed E-state index contributed by atoms with van der Waals surface area (Å²) < 4.78 is 5.91. The van der Waals surface area contributed by atoms with E-state index in [0.29, 0.717) is 5.70 Å². The Hall–Kier alpha value is -2.07. The summed E-state index contributed by atoms with van der Waals surface area (Å²) >= 11 is 0. The second-order valence-electron chi connectivity index (χ2n) is 4.55. The van der Waals surface area contributed by atoms with Crippen LogP contribution < -0.4 is 10.2 Å². The van der Waals surface area contributed by atoms with Crippen LogP contribution in [0.4, 0.5) is 0 Å². The van der Waals surface area contributed by atoms with Crippen LogP contribution in [0.1, 0.15) is 11.1 Å². The second-order valence-corrected chi connectivity index (χ2v) is 6.88. The van der Waals surface area contributed by atoms with E-state index in [-0.39, 0.29) is 0 Å². The molecule has 0 saturated heterocycles. The number of rotatable bonds is 4. The molecule has 2 N–H and O–H groups in total. The van der Waals surface area contributed by atoms with E-state index in [0.717, 1.165) is 16.9 Å². The molecule has 4 heteroatoms. The minimum Gasteiger partial charge on any atom is -0.547 e. The largest absolute Gasteiger partial charge is 0.547 e. The first kappa shape index (κ1) is 13.4. The Labute approximate surface area is 115 Å². The number of nitrogens with zero attached hydrogens (tertiary/aromatic N) is 1. The molecule has 0 bridgehead atoms. The SMILES string of the molecule is C[SiH](C)Oc1ccccc1/C(N)=C/c1cccnc1. The number of nitrogens with two attached hydrogens (primary N) is 1. The van der Waals surface area contributed by atoms with Gasteiger partial charge in [-0.15, -0.1) is 0 Å². The molecule has 2 aromatic rings. The molecule has 1 aromatic carbocycles. The summed E-state index contributed by atoms with van der Waals surface area (Å²) in [4.78, 5) is 4.08. The van der Waals surface area contributed by atoms with E-state index in [4.69, 9.17) is 10.2 Å². The highest BCUT2D eigenvalue weighted by Crippen LogP contribution is 2.24. The maximum Gasteiger partial charge on any atom is 0.229 e. The molecule has 1 aromatic heterocycles. The van der Waals surface area contributed by atoms with E-state index in [1.807, 2.05) is 42.5 Å². The molecule has 0 amide bonds. The Bertz CT molecular complexity index is 567. The van der Waals surface area contributed by atoms with Crippen molar-refractivity contribution < 1.29 is 4.43 Å². The van der Waals surface area contributed by atoms with Crippen LogP contribution in [0.5, 0.6) is 5.75 Å². The molecule has 0 unspecified atom stereocenters. The van der Waals surface area contributed by atoms with Crippen molar-refractivity contribution in [3.63, 3.8) is 0 Å². The summed E-state index contributed by atoms with van der Waals surface area (Å²) in [6, 6.07) is 11.7. The molecule has 3 nitrogen and oxygen atoms in total. The summed E-state index contributed by atoms with van der Waals surface area (Å²) in [5.74, 6) is 0.863.